The SMILES string of the molecule is CCOC(=O)N1CCC(Nc2ccc(C(=O)N(C)Cc3ccccc3)cn2)CC1. The molecule has 0 saturated carbocycles. The summed E-state index contributed by atoms with van der Waals surface area (Å²) in [6.07, 6.45) is 3.04. The second-order valence-corrected chi connectivity index (χ2v) is 7.18. The van der Waals surface area contributed by atoms with Gasteiger partial charge in [0.1, 0.15) is 5.82 Å². The third kappa shape index (κ3) is 5.70. The van der Waals surface area contributed by atoms with Gasteiger partial charge in [0, 0.05) is 38.9 Å². The molecule has 1 aromatic carbocycles. The van der Waals surface area contributed by atoms with Gasteiger partial charge in [-0.3, -0.25) is 4.79 Å². The van der Waals surface area contributed by atoms with E-state index in [-0.39, 0.29) is 18.0 Å². The number of hydrogen-bond donors (Lipinski definition) is 1. The van der Waals surface area contributed by atoms with Gasteiger partial charge in [-0.1, -0.05) is 30.3 Å². The summed E-state index contributed by atoms with van der Waals surface area (Å²) in [6, 6.07) is 13.8. The summed E-state index contributed by atoms with van der Waals surface area (Å²) in [7, 11) is 1.79. The maximum Gasteiger partial charge on any atom is 0.409 e. The molecule has 1 fully saturated rings. The number of rotatable bonds is 6. The molecule has 7 heteroatoms. The number of nitrogens with zero attached hydrogens (tertiary/aromatic N) is 3. The van der Waals surface area contributed by atoms with E-state index < -0.39 is 0 Å². The van der Waals surface area contributed by atoms with Gasteiger partial charge in [-0.15, -0.1) is 0 Å². The van der Waals surface area contributed by atoms with E-state index in [0.717, 1.165) is 24.2 Å². The Morgan fingerprint density at radius 3 is 2.52 bits per heavy atom. The minimum atomic E-state index is -0.244. The van der Waals surface area contributed by atoms with Crippen molar-refractivity contribution >= 4 is 17.8 Å². The summed E-state index contributed by atoms with van der Waals surface area (Å²) in [5.41, 5.74) is 1.65. The number of benzene rings is 1. The molecule has 1 aliphatic rings. The van der Waals surface area contributed by atoms with Gasteiger partial charge in [0.25, 0.3) is 5.91 Å². The molecule has 154 valence electrons. The van der Waals surface area contributed by atoms with Gasteiger partial charge in [0.2, 0.25) is 0 Å². The summed E-state index contributed by atoms with van der Waals surface area (Å²) >= 11 is 0. The lowest BCUT2D eigenvalue weighted by molar-refractivity contribution is 0.0784. The summed E-state index contributed by atoms with van der Waals surface area (Å²) in [4.78, 5) is 32.2. The maximum absolute atomic E-state index is 12.6. The van der Waals surface area contributed by atoms with Crippen LogP contribution >= 0.6 is 0 Å². The van der Waals surface area contributed by atoms with Gasteiger partial charge >= 0.3 is 6.09 Å². The van der Waals surface area contributed by atoms with Crippen molar-refractivity contribution in [1.29, 1.82) is 0 Å². The molecule has 1 N–H and O–H groups in total. The summed E-state index contributed by atoms with van der Waals surface area (Å²) in [5, 5.41) is 3.39. The van der Waals surface area contributed by atoms with Gasteiger partial charge in [-0.05, 0) is 37.5 Å². The average Bonchev–Trinajstić information content (AvgIpc) is 2.75. The molecule has 3 rings (SSSR count). The number of aromatic nitrogens is 1. The van der Waals surface area contributed by atoms with Crippen molar-refractivity contribution in [2.24, 2.45) is 0 Å². The highest BCUT2D eigenvalue weighted by molar-refractivity contribution is 5.93. The minimum Gasteiger partial charge on any atom is -0.450 e. The molecular formula is C22H28N4O3. The quantitative estimate of drug-likeness (QED) is 0.810. The zero-order chi connectivity index (χ0) is 20.6. The largest absolute Gasteiger partial charge is 0.450 e. The van der Waals surface area contributed by atoms with E-state index in [2.05, 4.69) is 10.3 Å². The van der Waals surface area contributed by atoms with Gasteiger partial charge in [-0.25, -0.2) is 9.78 Å². The lowest BCUT2D eigenvalue weighted by Gasteiger charge is -2.31. The molecule has 1 aromatic heterocycles. The van der Waals surface area contributed by atoms with Gasteiger partial charge < -0.3 is 19.9 Å². The second kappa shape index (κ2) is 9.91. The molecule has 2 amide bonds. The molecule has 0 radical (unpaired) electrons. The van der Waals surface area contributed by atoms with E-state index in [9.17, 15) is 9.59 Å². The highest BCUT2D eigenvalue weighted by atomic mass is 16.6. The molecule has 2 heterocycles. The van der Waals surface area contributed by atoms with Crippen LogP contribution in [0.5, 0.6) is 0 Å². The number of nitrogens with one attached hydrogen (secondary N) is 1. The molecular weight excluding hydrogens is 368 g/mol. The Hall–Kier alpha value is -3.09. The average molecular weight is 396 g/mol. The van der Waals surface area contributed by atoms with Crippen LogP contribution in [0.2, 0.25) is 0 Å². The first-order valence-corrected chi connectivity index (χ1v) is 10.0. The lowest BCUT2D eigenvalue weighted by Crippen LogP contribution is -2.42. The van der Waals surface area contributed by atoms with Crippen LogP contribution in [0, 0.1) is 0 Å². The molecule has 0 aliphatic carbocycles. The predicted molar refractivity (Wildman–Crippen MR) is 112 cm³/mol. The molecule has 7 nitrogen and oxygen atoms in total. The van der Waals surface area contributed by atoms with Crippen LogP contribution in [0.1, 0.15) is 35.7 Å². The Morgan fingerprint density at radius 1 is 1.17 bits per heavy atom. The standard InChI is InChI=1S/C22H28N4O3/c1-3-29-22(28)26-13-11-19(12-14-26)24-20-10-9-18(15-23-20)21(27)25(2)16-17-7-5-4-6-8-17/h4-10,15,19H,3,11-14,16H2,1-2H3,(H,23,24). The monoisotopic (exact) mass is 396 g/mol. The maximum atomic E-state index is 12.6. The molecule has 0 atom stereocenters. The van der Waals surface area contributed by atoms with E-state index in [4.69, 9.17) is 4.74 Å². The Morgan fingerprint density at radius 2 is 1.90 bits per heavy atom. The number of pyridine rings is 1. The molecule has 29 heavy (non-hydrogen) atoms. The Bertz CT molecular complexity index is 803. The van der Waals surface area contributed by atoms with Crippen LogP contribution in [-0.4, -0.2) is 59.6 Å². The highest BCUT2D eigenvalue weighted by Gasteiger charge is 2.23. The lowest BCUT2D eigenvalue weighted by atomic mass is 10.1. The van der Waals surface area contributed by atoms with E-state index in [0.29, 0.717) is 31.8 Å². The summed E-state index contributed by atoms with van der Waals surface area (Å²) in [6.45, 7) is 4.09. The van der Waals surface area contributed by atoms with Crippen molar-refractivity contribution in [2.45, 2.75) is 32.4 Å². The van der Waals surface area contributed by atoms with Crippen molar-refractivity contribution in [1.82, 2.24) is 14.8 Å². The number of ether oxygens (including phenoxy) is 1. The third-order valence-electron chi connectivity index (χ3n) is 4.99. The normalized spacial score (nSPS) is 14.3. The topological polar surface area (TPSA) is 74.8 Å². The van der Waals surface area contributed by atoms with Crippen LogP contribution in [-0.2, 0) is 11.3 Å². The number of likely N-dealkylation sites (tertiary alicyclic amines) is 1. The fraction of sp³-hybridized carbons (Fsp3) is 0.409. The molecule has 1 saturated heterocycles. The zero-order valence-corrected chi connectivity index (χ0v) is 17.0. The smallest absolute Gasteiger partial charge is 0.409 e. The van der Waals surface area contributed by atoms with Crippen molar-refractivity contribution < 1.29 is 14.3 Å². The molecule has 0 bridgehead atoms. The number of anilines is 1. The number of piperidine rings is 1. The Kier molecular flexibility index (Phi) is 7.05. The van der Waals surface area contributed by atoms with Crippen LogP contribution < -0.4 is 5.32 Å². The van der Waals surface area contributed by atoms with E-state index >= 15 is 0 Å². The zero-order valence-electron chi connectivity index (χ0n) is 17.0. The summed E-state index contributed by atoms with van der Waals surface area (Å²) in [5.74, 6) is 0.678. The fourth-order valence-electron chi connectivity index (χ4n) is 3.39. The predicted octanol–water partition coefficient (Wildman–Crippen LogP) is 3.39. The molecule has 0 spiro atoms. The molecule has 2 aromatic rings. The fourth-order valence-corrected chi connectivity index (χ4v) is 3.39. The number of carbonyl (C=O) groups excluding carboxylic acids is 2. The van der Waals surface area contributed by atoms with Gasteiger partial charge in [-0.2, -0.15) is 0 Å². The van der Waals surface area contributed by atoms with Crippen molar-refractivity contribution in [2.75, 3.05) is 32.1 Å². The second-order valence-electron chi connectivity index (χ2n) is 7.18. The van der Waals surface area contributed by atoms with Gasteiger partial charge in [0.15, 0.2) is 0 Å². The van der Waals surface area contributed by atoms with Crippen molar-refractivity contribution in [3.8, 4) is 0 Å². The first-order chi connectivity index (χ1) is 14.1. The summed E-state index contributed by atoms with van der Waals surface area (Å²) < 4.78 is 5.05. The van der Waals surface area contributed by atoms with Gasteiger partial charge in [0.05, 0.1) is 12.2 Å². The number of hydrogen-bond acceptors (Lipinski definition) is 5. The number of carbonyl (C=O) groups is 2. The third-order valence-corrected chi connectivity index (χ3v) is 4.99. The van der Waals surface area contributed by atoms with Crippen molar-refractivity contribution in [3.63, 3.8) is 0 Å². The minimum absolute atomic E-state index is 0.0596. The van der Waals surface area contributed by atoms with E-state index in [1.165, 1.54) is 0 Å². The highest BCUT2D eigenvalue weighted by Crippen LogP contribution is 2.17. The van der Waals surface area contributed by atoms with E-state index in [1.807, 2.05) is 43.3 Å². The Labute approximate surface area is 171 Å². The molecule has 1 aliphatic heterocycles. The number of amides is 2. The van der Waals surface area contributed by atoms with Crippen LogP contribution in [0.25, 0.3) is 0 Å². The molecule has 0 unspecified atom stereocenters. The van der Waals surface area contributed by atoms with E-state index in [1.54, 1.807) is 29.1 Å². The first kappa shape index (κ1) is 20.6. The first-order valence-electron chi connectivity index (χ1n) is 10.0. The Balaban J connectivity index is 1.50. The van der Waals surface area contributed by atoms with Crippen LogP contribution in [0.4, 0.5) is 10.6 Å². The van der Waals surface area contributed by atoms with Crippen LogP contribution in [0.3, 0.4) is 0 Å². The van der Waals surface area contributed by atoms with Crippen LogP contribution in [0.15, 0.2) is 48.7 Å². The van der Waals surface area contributed by atoms with Crippen molar-refractivity contribution in [3.05, 3.63) is 59.8 Å².